The van der Waals surface area contributed by atoms with Gasteiger partial charge in [0.15, 0.2) is 0 Å². The van der Waals surface area contributed by atoms with Crippen LogP contribution in [-0.4, -0.2) is 51.0 Å². The summed E-state index contributed by atoms with van der Waals surface area (Å²) >= 11 is 0. The molecule has 2 amide bonds. The molecule has 0 aliphatic heterocycles. The highest BCUT2D eigenvalue weighted by atomic mass is 19.1. The van der Waals surface area contributed by atoms with E-state index in [0.29, 0.717) is 18.5 Å². The number of fused-ring (bicyclic) bond motifs is 1. The number of carbonyl (C=O) groups excluding carboxylic acids is 3. The predicted molar refractivity (Wildman–Crippen MR) is 123 cm³/mol. The number of aromatic nitrogens is 4. The standard InChI is InChI=1S/C24H27FN6O4/c1-14-8-16(6-7-18(14)25)12-26-21(32)19-10-20(31-24(30-19)28-13-29-31)22(33)27-11-15-4-3-5-17(9-15)23(34)35-2/h6-8,10,13,15,17H,3-5,9,11-12H2,1-2H3,(H,26,32)(H,27,33). The molecule has 2 atom stereocenters. The lowest BCUT2D eigenvalue weighted by atomic mass is 9.81. The molecule has 2 heterocycles. The SMILES string of the molecule is COC(=O)C1CCCC(CNC(=O)c2cc(C(=O)NCc3ccc(F)c(C)c3)nc3ncnn23)C1. The van der Waals surface area contributed by atoms with Crippen molar-refractivity contribution < 1.29 is 23.5 Å². The lowest BCUT2D eigenvalue weighted by Gasteiger charge is -2.27. The molecule has 184 valence electrons. The quantitative estimate of drug-likeness (QED) is 0.494. The van der Waals surface area contributed by atoms with E-state index >= 15 is 0 Å². The number of ether oxygens (including phenoxy) is 1. The predicted octanol–water partition coefficient (Wildman–Crippen LogP) is 2.21. The maximum absolute atomic E-state index is 13.5. The maximum atomic E-state index is 13.5. The first-order valence-corrected chi connectivity index (χ1v) is 11.5. The first-order chi connectivity index (χ1) is 16.9. The fraction of sp³-hybridized carbons (Fsp3) is 0.417. The number of hydrogen-bond donors (Lipinski definition) is 2. The highest BCUT2D eigenvalue weighted by Gasteiger charge is 2.28. The topological polar surface area (TPSA) is 128 Å². The van der Waals surface area contributed by atoms with Crippen LogP contribution < -0.4 is 10.6 Å². The molecule has 11 heteroatoms. The summed E-state index contributed by atoms with van der Waals surface area (Å²) in [6, 6.07) is 5.95. The summed E-state index contributed by atoms with van der Waals surface area (Å²) in [5, 5.41) is 9.67. The van der Waals surface area contributed by atoms with E-state index in [1.165, 1.54) is 30.1 Å². The number of hydrogen-bond acceptors (Lipinski definition) is 7. The molecule has 1 aliphatic carbocycles. The molecule has 0 spiro atoms. The summed E-state index contributed by atoms with van der Waals surface area (Å²) in [7, 11) is 1.38. The number of benzene rings is 1. The van der Waals surface area contributed by atoms with Gasteiger partial charge in [0.1, 0.15) is 23.5 Å². The Balaban J connectivity index is 1.44. The van der Waals surface area contributed by atoms with Crippen molar-refractivity contribution in [2.24, 2.45) is 11.8 Å². The van der Waals surface area contributed by atoms with Gasteiger partial charge in [-0.25, -0.2) is 9.37 Å². The molecule has 2 N–H and O–H groups in total. The van der Waals surface area contributed by atoms with Gasteiger partial charge in [-0.1, -0.05) is 18.6 Å². The van der Waals surface area contributed by atoms with E-state index in [1.807, 2.05) is 0 Å². The fourth-order valence-corrected chi connectivity index (χ4v) is 4.36. The van der Waals surface area contributed by atoms with E-state index < -0.39 is 11.8 Å². The Morgan fingerprint density at radius 1 is 1.17 bits per heavy atom. The molecule has 0 bridgehead atoms. The van der Waals surface area contributed by atoms with Crippen molar-refractivity contribution in [3.63, 3.8) is 0 Å². The van der Waals surface area contributed by atoms with Crippen LogP contribution >= 0.6 is 0 Å². The molecular weight excluding hydrogens is 455 g/mol. The molecule has 0 radical (unpaired) electrons. The van der Waals surface area contributed by atoms with E-state index in [1.54, 1.807) is 19.1 Å². The van der Waals surface area contributed by atoms with Crippen LogP contribution in [0, 0.1) is 24.6 Å². The van der Waals surface area contributed by atoms with Crippen molar-refractivity contribution in [1.29, 1.82) is 0 Å². The highest BCUT2D eigenvalue weighted by Crippen LogP contribution is 2.29. The van der Waals surface area contributed by atoms with Crippen LogP contribution in [0.4, 0.5) is 4.39 Å². The van der Waals surface area contributed by atoms with E-state index in [0.717, 1.165) is 24.8 Å². The first kappa shape index (κ1) is 24.2. The number of nitrogens with zero attached hydrogens (tertiary/aromatic N) is 4. The average molecular weight is 483 g/mol. The third-order valence-corrected chi connectivity index (χ3v) is 6.26. The van der Waals surface area contributed by atoms with Gasteiger partial charge in [-0.05, 0) is 49.3 Å². The molecule has 1 aromatic carbocycles. The summed E-state index contributed by atoms with van der Waals surface area (Å²) in [4.78, 5) is 45.9. The number of amides is 2. The highest BCUT2D eigenvalue weighted by molar-refractivity contribution is 5.98. The van der Waals surface area contributed by atoms with Crippen LogP contribution in [0.3, 0.4) is 0 Å². The van der Waals surface area contributed by atoms with Crippen molar-refractivity contribution in [3.05, 3.63) is 58.9 Å². The van der Waals surface area contributed by atoms with Crippen molar-refractivity contribution in [2.75, 3.05) is 13.7 Å². The number of aryl methyl sites for hydroxylation is 1. The Bertz CT molecular complexity index is 1260. The molecule has 10 nitrogen and oxygen atoms in total. The van der Waals surface area contributed by atoms with Gasteiger partial charge in [0, 0.05) is 19.2 Å². The Hall–Kier alpha value is -3.89. The van der Waals surface area contributed by atoms with Crippen molar-refractivity contribution in [2.45, 2.75) is 39.2 Å². The second-order valence-corrected chi connectivity index (χ2v) is 8.73. The average Bonchev–Trinajstić information content (AvgIpc) is 3.35. The number of esters is 1. The minimum absolute atomic E-state index is 0.0119. The zero-order valence-corrected chi connectivity index (χ0v) is 19.6. The van der Waals surface area contributed by atoms with Gasteiger partial charge in [0.05, 0.1) is 13.0 Å². The summed E-state index contributed by atoms with van der Waals surface area (Å²) in [5.41, 5.74) is 1.35. The van der Waals surface area contributed by atoms with Crippen LogP contribution in [0.15, 0.2) is 30.6 Å². The molecule has 1 saturated carbocycles. The third-order valence-electron chi connectivity index (χ3n) is 6.26. The van der Waals surface area contributed by atoms with Gasteiger partial charge >= 0.3 is 5.97 Å². The molecule has 3 aromatic rings. The van der Waals surface area contributed by atoms with Crippen molar-refractivity contribution >= 4 is 23.6 Å². The lowest BCUT2D eigenvalue weighted by molar-refractivity contribution is -0.147. The molecule has 2 aromatic heterocycles. The Morgan fingerprint density at radius 3 is 2.77 bits per heavy atom. The molecular formula is C24H27FN6O4. The van der Waals surface area contributed by atoms with Gasteiger partial charge in [-0.3, -0.25) is 14.4 Å². The molecule has 2 unspecified atom stereocenters. The Morgan fingerprint density at radius 2 is 2.00 bits per heavy atom. The molecule has 35 heavy (non-hydrogen) atoms. The number of nitrogens with one attached hydrogen (secondary N) is 2. The normalized spacial score (nSPS) is 17.7. The van der Waals surface area contributed by atoms with E-state index in [4.69, 9.17) is 4.74 Å². The number of carbonyl (C=O) groups is 3. The summed E-state index contributed by atoms with van der Waals surface area (Å²) in [5.74, 6) is -1.35. The van der Waals surface area contributed by atoms with Crippen molar-refractivity contribution in [1.82, 2.24) is 30.2 Å². The summed E-state index contributed by atoms with van der Waals surface area (Å²) in [6.07, 6.45) is 4.49. The van der Waals surface area contributed by atoms with Crippen LogP contribution in [0.2, 0.25) is 0 Å². The Kier molecular flexibility index (Phi) is 7.33. The van der Waals surface area contributed by atoms with Crippen LogP contribution in [0.1, 0.15) is 57.8 Å². The minimum atomic E-state index is -0.500. The second kappa shape index (κ2) is 10.6. The number of rotatable bonds is 7. The largest absolute Gasteiger partial charge is 0.469 e. The monoisotopic (exact) mass is 482 g/mol. The maximum Gasteiger partial charge on any atom is 0.308 e. The molecule has 1 aliphatic rings. The van der Waals surface area contributed by atoms with Gasteiger partial charge < -0.3 is 15.4 Å². The van der Waals surface area contributed by atoms with Gasteiger partial charge in [-0.15, -0.1) is 0 Å². The zero-order chi connectivity index (χ0) is 24.9. The van der Waals surface area contributed by atoms with Crippen LogP contribution in [-0.2, 0) is 16.1 Å². The molecule has 1 fully saturated rings. The van der Waals surface area contributed by atoms with Gasteiger partial charge in [0.25, 0.3) is 17.6 Å². The van der Waals surface area contributed by atoms with Gasteiger partial charge in [-0.2, -0.15) is 14.6 Å². The van der Waals surface area contributed by atoms with Crippen LogP contribution in [0.5, 0.6) is 0 Å². The lowest BCUT2D eigenvalue weighted by Crippen LogP contribution is -2.35. The van der Waals surface area contributed by atoms with Crippen LogP contribution in [0.25, 0.3) is 5.78 Å². The Labute approximate surface area is 201 Å². The van der Waals surface area contributed by atoms with Crippen molar-refractivity contribution in [3.8, 4) is 0 Å². The number of halogens is 1. The number of methoxy groups -OCH3 is 1. The minimum Gasteiger partial charge on any atom is -0.469 e. The third kappa shape index (κ3) is 5.61. The summed E-state index contributed by atoms with van der Waals surface area (Å²) in [6.45, 7) is 2.20. The van der Waals surface area contributed by atoms with E-state index in [2.05, 4.69) is 25.7 Å². The summed E-state index contributed by atoms with van der Waals surface area (Å²) < 4.78 is 19.6. The molecule has 0 saturated heterocycles. The molecule has 4 rings (SSSR count). The van der Waals surface area contributed by atoms with E-state index in [9.17, 15) is 18.8 Å². The smallest absolute Gasteiger partial charge is 0.308 e. The fourth-order valence-electron chi connectivity index (χ4n) is 4.36. The van der Waals surface area contributed by atoms with E-state index in [-0.39, 0.29) is 47.3 Å². The zero-order valence-electron chi connectivity index (χ0n) is 19.6. The second-order valence-electron chi connectivity index (χ2n) is 8.73. The van der Waals surface area contributed by atoms with Gasteiger partial charge in [0.2, 0.25) is 0 Å². The first-order valence-electron chi connectivity index (χ1n) is 11.5.